The van der Waals surface area contributed by atoms with Crippen molar-refractivity contribution in [2.45, 2.75) is 26.1 Å². The largest absolute Gasteiger partial charge is 0.371 e. The molecule has 18 heavy (non-hydrogen) atoms. The molecule has 100 valence electrons. The second-order valence-corrected chi connectivity index (χ2v) is 5.38. The van der Waals surface area contributed by atoms with E-state index in [4.69, 9.17) is 4.74 Å². The first-order chi connectivity index (χ1) is 8.51. The van der Waals surface area contributed by atoms with E-state index < -0.39 is 0 Å². The van der Waals surface area contributed by atoms with Gasteiger partial charge in [0.15, 0.2) is 0 Å². The highest BCUT2D eigenvalue weighted by molar-refractivity contribution is 9.09. The molecule has 0 spiro atoms. The summed E-state index contributed by atoms with van der Waals surface area (Å²) in [5.74, 6) is 0.0270. The standard InChI is InChI=1S/C12H18BrN3O2/c1-8-4-11(15(3)14-8)12(17)16-6-9(2)18-10(5-13)7-16/h4,9-10H,5-7H2,1-3H3. The van der Waals surface area contributed by atoms with E-state index in [1.807, 2.05) is 24.8 Å². The van der Waals surface area contributed by atoms with E-state index in [0.717, 1.165) is 11.0 Å². The summed E-state index contributed by atoms with van der Waals surface area (Å²) in [6.07, 6.45) is 0.131. The quantitative estimate of drug-likeness (QED) is 0.774. The molecule has 0 bridgehead atoms. The summed E-state index contributed by atoms with van der Waals surface area (Å²) < 4.78 is 7.36. The maximum absolute atomic E-state index is 12.4. The topological polar surface area (TPSA) is 47.4 Å². The van der Waals surface area contributed by atoms with Crippen LogP contribution in [0.4, 0.5) is 0 Å². The van der Waals surface area contributed by atoms with Crippen LogP contribution in [-0.4, -0.2) is 51.2 Å². The molecule has 2 heterocycles. The van der Waals surface area contributed by atoms with Crippen LogP contribution in [0, 0.1) is 6.92 Å². The number of morpholine rings is 1. The molecule has 1 saturated heterocycles. The van der Waals surface area contributed by atoms with Gasteiger partial charge < -0.3 is 9.64 Å². The number of amides is 1. The zero-order chi connectivity index (χ0) is 13.3. The van der Waals surface area contributed by atoms with Gasteiger partial charge in [-0.25, -0.2) is 0 Å². The van der Waals surface area contributed by atoms with Gasteiger partial charge in [0.2, 0.25) is 0 Å². The van der Waals surface area contributed by atoms with Gasteiger partial charge in [-0.05, 0) is 19.9 Å². The fourth-order valence-electron chi connectivity index (χ4n) is 2.27. The third kappa shape index (κ3) is 2.75. The van der Waals surface area contributed by atoms with Crippen molar-refractivity contribution < 1.29 is 9.53 Å². The van der Waals surface area contributed by atoms with Gasteiger partial charge in [0, 0.05) is 25.5 Å². The van der Waals surface area contributed by atoms with Crippen LogP contribution in [0.3, 0.4) is 0 Å². The number of aryl methyl sites for hydroxylation is 2. The molecule has 1 fully saturated rings. The first-order valence-corrected chi connectivity index (χ1v) is 7.14. The highest BCUT2D eigenvalue weighted by atomic mass is 79.9. The highest BCUT2D eigenvalue weighted by Gasteiger charge is 2.29. The Balaban J connectivity index is 2.15. The molecule has 5 nitrogen and oxygen atoms in total. The Morgan fingerprint density at radius 1 is 1.61 bits per heavy atom. The van der Waals surface area contributed by atoms with E-state index in [1.165, 1.54) is 0 Å². The number of alkyl halides is 1. The van der Waals surface area contributed by atoms with Crippen LogP contribution < -0.4 is 0 Å². The van der Waals surface area contributed by atoms with Crippen molar-refractivity contribution in [2.75, 3.05) is 18.4 Å². The van der Waals surface area contributed by atoms with Crippen LogP contribution in [0.1, 0.15) is 23.1 Å². The minimum atomic E-state index is 0.0270. The monoisotopic (exact) mass is 315 g/mol. The third-order valence-electron chi connectivity index (χ3n) is 3.01. The Kier molecular flexibility index (Phi) is 4.07. The lowest BCUT2D eigenvalue weighted by Crippen LogP contribution is -2.50. The van der Waals surface area contributed by atoms with E-state index in [-0.39, 0.29) is 18.1 Å². The highest BCUT2D eigenvalue weighted by Crippen LogP contribution is 2.16. The normalized spacial score (nSPS) is 24.3. The summed E-state index contributed by atoms with van der Waals surface area (Å²) >= 11 is 3.41. The summed E-state index contributed by atoms with van der Waals surface area (Å²) in [5.41, 5.74) is 1.49. The predicted octanol–water partition coefficient (Wildman–Crippen LogP) is 1.35. The van der Waals surface area contributed by atoms with E-state index in [9.17, 15) is 4.79 Å². The van der Waals surface area contributed by atoms with Crippen molar-refractivity contribution >= 4 is 21.8 Å². The smallest absolute Gasteiger partial charge is 0.272 e. The van der Waals surface area contributed by atoms with Gasteiger partial charge >= 0.3 is 0 Å². The number of carbonyl (C=O) groups excluding carboxylic acids is 1. The number of aromatic nitrogens is 2. The molecule has 0 aliphatic carbocycles. The molecule has 1 amide bonds. The van der Waals surface area contributed by atoms with Gasteiger partial charge in [-0.15, -0.1) is 0 Å². The van der Waals surface area contributed by atoms with E-state index in [1.54, 1.807) is 11.7 Å². The van der Waals surface area contributed by atoms with Crippen molar-refractivity contribution in [3.05, 3.63) is 17.5 Å². The molecule has 0 N–H and O–H groups in total. The number of ether oxygens (including phenoxy) is 1. The minimum Gasteiger partial charge on any atom is -0.371 e. The van der Waals surface area contributed by atoms with Crippen molar-refractivity contribution in [1.82, 2.24) is 14.7 Å². The van der Waals surface area contributed by atoms with E-state index in [2.05, 4.69) is 21.0 Å². The zero-order valence-electron chi connectivity index (χ0n) is 10.9. The van der Waals surface area contributed by atoms with Crippen molar-refractivity contribution in [2.24, 2.45) is 7.05 Å². The lowest BCUT2D eigenvalue weighted by molar-refractivity contribution is -0.0562. The molecule has 1 aliphatic heterocycles. The molecule has 2 unspecified atom stereocenters. The number of carbonyl (C=O) groups is 1. The minimum absolute atomic E-state index is 0.0270. The lowest BCUT2D eigenvalue weighted by atomic mass is 10.2. The Morgan fingerprint density at radius 3 is 2.89 bits per heavy atom. The van der Waals surface area contributed by atoms with Crippen LogP contribution in [0.5, 0.6) is 0 Å². The van der Waals surface area contributed by atoms with Gasteiger partial charge in [-0.1, -0.05) is 15.9 Å². The lowest BCUT2D eigenvalue weighted by Gasteiger charge is -2.36. The molecule has 2 rings (SSSR count). The average molecular weight is 316 g/mol. The molecule has 1 aromatic rings. The van der Waals surface area contributed by atoms with Gasteiger partial charge in [0.1, 0.15) is 5.69 Å². The fourth-order valence-corrected chi connectivity index (χ4v) is 2.63. The fraction of sp³-hybridized carbons (Fsp3) is 0.667. The predicted molar refractivity (Wildman–Crippen MR) is 72.0 cm³/mol. The number of hydrogen-bond donors (Lipinski definition) is 0. The summed E-state index contributed by atoms with van der Waals surface area (Å²) in [6.45, 7) is 5.13. The molecule has 0 radical (unpaired) electrons. The molecule has 0 saturated carbocycles. The Labute approximate surface area is 115 Å². The van der Waals surface area contributed by atoms with Crippen LogP contribution >= 0.6 is 15.9 Å². The molecule has 1 aliphatic rings. The molecule has 0 aromatic carbocycles. The van der Waals surface area contributed by atoms with Crippen molar-refractivity contribution in [1.29, 1.82) is 0 Å². The second-order valence-electron chi connectivity index (χ2n) is 4.73. The number of nitrogens with zero attached hydrogens (tertiary/aromatic N) is 3. The Bertz CT molecular complexity index is 447. The summed E-state index contributed by atoms with van der Waals surface area (Å²) in [5, 5.41) is 4.96. The summed E-state index contributed by atoms with van der Waals surface area (Å²) in [7, 11) is 1.80. The number of hydrogen-bond acceptors (Lipinski definition) is 3. The van der Waals surface area contributed by atoms with Crippen LogP contribution in [0.15, 0.2) is 6.07 Å². The maximum Gasteiger partial charge on any atom is 0.272 e. The van der Waals surface area contributed by atoms with E-state index >= 15 is 0 Å². The summed E-state index contributed by atoms with van der Waals surface area (Å²) in [4.78, 5) is 14.3. The Morgan fingerprint density at radius 2 is 2.33 bits per heavy atom. The van der Waals surface area contributed by atoms with Crippen molar-refractivity contribution in [3.63, 3.8) is 0 Å². The molecule has 2 atom stereocenters. The number of rotatable bonds is 2. The van der Waals surface area contributed by atoms with Crippen LogP contribution in [0.2, 0.25) is 0 Å². The SMILES string of the molecule is Cc1cc(C(=O)N2CC(C)OC(CBr)C2)n(C)n1. The molecular formula is C12H18BrN3O2. The van der Waals surface area contributed by atoms with Gasteiger partial charge in [-0.3, -0.25) is 9.48 Å². The van der Waals surface area contributed by atoms with Gasteiger partial charge in [0.05, 0.1) is 17.9 Å². The molecule has 1 aromatic heterocycles. The maximum atomic E-state index is 12.4. The van der Waals surface area contributed by atoms with Gasteiger partial charge in [0.25, 0.3) is 5.91 Å². The third-order valence-corrected chi connectivity index (χ3v) is 3.73. The second kappa shape index (κ2) is 5.40. The van der Waals surface area contributed by atoms with Gasteiger partial charge in [-0.2, -0.15) is 5.10 Å². The van der Waals surface area contributed by atoms with Crippen LogP contribution in [0.25, 0.3) is 0 Å². The van der Waals surface area contributed by atoms with Crippen molar-refractivity contribution in [3.8, 4) is 0 Å². The molecule has 6 heteroatoms. The Hall–Kier alpha value is -0.880. The molecular weight excluding hydrogens is 298 g/mol. The zero-order valence-corrected chi connectivity index (χ0v) is 12.5. The van der Waals surface area contributed by atoms with E-state index in [0.29, 0.717) is 18.8 Å². The number of halogens is 1. The first-order valence-electron chi connectivity index (χ1n) is 6.02. The summed E-state index contributed by atoms with van der Waals surface area (Å²) in [6, 6.07) is 1.83. The first kappa shape index (κ1) is 13.5. The van der Waals surface area contributed by atoms with Crippen LogP contribution in [-0.2, 0) is 11.8 Å². The average Bonchev–Trinajstić information content (AvgIpc) is 2.66.